The lowest BCUT2D eigenvalue weighted by Crippen LogP contribution is -2.16. The molecular weight excluding hydrogens is 336 g/mol. The van der Waals surface area contributed by atoms with Gasteiger partial charge in [0.15, 0.2) is 0 Å². The highest BCUT2D eigenvalue weighted by molar-refractivity contribution is 5.84. The largest absolute Gasteiger partial charge is 0.463 e. The highest BCUT2D eigenvalue weighted by atomic mass is 16.7. The molecule has 6 heteroatoms. The van der Waals surface area contributed by atoms with Crippen LogP contribution in [0.15, 0.2) is 64.0 Å². The van der Waals surface area contributed by atoms with Crippen molar-refractivity contribution in [1.82, 2.24) is 0 Å². The summed E-state index contributed by atoms with van der Waals surface area (Å²) in [6.07, 6.45) is 0.0571. The molecule has 0 spiro atoms. The van der Waals surface area contributed by atoms with Gasteiger partial charge < -0.3 is 13.9 Å². The molecule has 132 valence electrons. The van der Waals surface area contributed by atoms with E-state index in [9.17, 15) is 14.4 Å². The number of ether oxygens (including phenoxy) is 2. The van der Waals surface area contributed by atoms with Gasteiger partial charge in [0.25, 0.3) is 6.29 Å². The number of hydrogen-bond acceptors (Lipinski definition) is 6. The van der Waals surface area contributed by atoms with E-state index in [1.807, 2.05) is 30.3 Å². The van der Waals surface area contributed by atoms with Gasteiger partial charge in [0.1, 0.15) is 11.8 Å². The summed E-state index contributed by atoms with van der Waals surface area (Å²) in [5.41, 5.74) is 1.38. The normalized spacial score (nSPS) is 10.7. The average molecular weight is 352 g/mol. The van der Waals surface area contributed by atoms with Crippen LogP contribution in [0.4, 0.5) is 0 Å². The third-order valence-corrected chi connectivity index (χ3v) is 3.71. The molecule has 0 amide bonds. The molecule has 1 heterocycles. The molecule has 0 saturated heterocycles. The van der Waals surface area contributed by atoms with Crippen LogP contribution in [0, 0.1) is 0 Å². The van der Waals surface area contributed by atoms with Crippen LogP contribution in [-0.4, -0.2) is 11.9 Å². The molecule has 1 aromatic heterocycles. The number of carbonyl (C=O) groups excluding carboxylic acids is 2. The van der Waals surface area contributed by atoms with Crippen molar-refractivity contribution in [3.63, 3.8) is 0 Å². The molecule has 0 aliphatic rings. The van der Waals surface area contributed by atoms with Gasteiger partial charge in [-0.1, -0.05) is 36.4 Å². The van der Waals surface area contributed by atoms with Crippen LogP contribution in [-0.2, 0) is 19.1 Å². The Bertz CT molecular complexity index is 1000. The summed E-state index contributed by atoms with van der Waals surface area (Å²) in [6.45, 7) is 2.40. The monoisotopic (exact) mass is 352 g/mol. The first-order valence-electron chi connectivity index (χ1n) is 7.91. The van der Waals surface area contributed by atoms with Crippen molar-refractivity contribution in [2.75, 3.05) is 0 Å². The van der Waals surface area contributed by atoms with Crippen molar-refractivity contribution in [2.24, 2.45) is 0 Å². The third kappa shape index (κ3) is 3.49. The van der Waals surface area contributed by atoms with Gasteiger partial charge in [-0.2, -0.15) is 0 Å². The summed E-state index contributed by atoms with van der Waals surface area (Å²) in [5, 5.41) is 0.299. The van der Waals surface area contributed by atoms with Crippen LogP contribution in [0.2, 0.25) is 0 Å². The number of carbonyl (C=O) groups is 2. The van der Waals surface area contributed by atoms with Gasteiger partial charge in [0.2, 0.25) is 5.43 Å². The van der Waals surface area contributed by atoms with Gasteiger partial charge in [-0.15, -0.1) is 0 Å². The summed E-state index contributed by atoms with van der Waals surface area (Å²) < 4.78 is 15.8. The van der Waals surface area contributed by atoms with Crippen LogP contribution >= 0.6 is 0 Å². The van der Waals surface area contributed by atoms with Gasteiger partial charge in [-0.25, -0.2) is 0 Å². The molecule has 0 saturated carbocycles. The van der Waals surface area contributed by atoms with Crippen molar-refractivity contribution in [1.29, 1.82) is 0 Å². The van der Waals surface area contributed by atoms with E-state index in [-0.39, 0.29) is 16.6 Å². The predicted octanol–water partition coefficient (Wildman–Crippen LogP) is 3.58. The van der Waals surface area contributed by atoms with Crippen molar-refractivity contribution in [3.8, 4) is 11.1 Å². The molecule has 2 aromatic carbocycles. The van der Waals surface area contributed by atoms with E-state index in [0.29, 0.717) is 10.9 Å². The molecule has 0 fully saturated rings. The first-order valence-corrected chi connectivity index (χ1v) is 7.91. The van der Waals surface area contributed by atoms with E-state index in [0.717, 1.165) is 5.56 Å². The van der Waals surface area contributed by atoms with Crippen molar-refractivity contribution in [3.05, 3.63) is 70.6 Å². The number of fused-ring (bicyclic) bond motifs is 1. The minimum Gasteiger partial charge on any atom is -0.463 e. The van der Waals surface area contributed by atoms with Gasteiger partial charge in [0, 0.05) is 13.8 Å². The Labute approximate surface area is 149 Å². The Hall–Kier alpha value is -3.41. The highest BCUT2D eigenvalue weighted by Crippen LogP contribution is 2.28. The third-order valence-electron chi connectivity index (χ3n) is 3.71. The van der Waals surface area contributed by atoms with E-state index in [1.165, 1.54) is 20.1 Å². The first-order chi connectivity index (χ1) is 12.5. The minimum atomic E-state index is -1.29. The average Bonchev–Trinajstić information content (AvgIpc) is 2.61. The lowest BCUT2D eigenvalue weighted by atomic mass is 10.0. The maximum Gasteiger partial charge on any atom is 0.305 e. The minimum absolute atomic E-state index is 0.199. The van der Waals surface area contributed by atoms with Crippen molar-refractivity contribution in [2.45, 2.75) is 20.1 Å². The lowest BCUT2D eigenvalue weighted by Gasteiger charge is -2.17. The number of esters is 2. The van der Waals surface area contributed by atoms with E-state index in [2.05, 4.69) is 0 Å². The van der Waals surface area contributed by atoms with Crippen LogP contribution in [0.25, 0.3) is 22.1 Å². The van der Waals surface area contributed by atoms with Gasteiger partial charge in [0.05, 0.1) is 16.5 Å². The fourth-order valence-electron chi connectivity index (χ4n) is 2.64. The Morgan fingerprint density at radius 2 is 1.58 bits per heavy atom. The zero-order valence-electron chi connectivity index (χ0n) is 14.2. The van der Waals surface area contributed by atoms with Gasteiger partial charge in [-0.3, -0.25) is 14.4 Å². The summed E-state index contributed by atoms with van der Waals surface area (Å²) >= 11 is 0. The molecule has 0 bridgehead atoms. The number of para-hydroxylation sites is 1. The smallest absolute Gasteiger partial charge is 0.305 e. The van der Waals surface area contributed by atoms with Crippen LogP contribution in [0.5, 0.6) is 0 Å². The number of hydrogen-bond donors (Lipinski definition) is 0. The highest BCUT2D eigenvalue weighted by Gasteiger charge is 2.23. The molecule has 0 aliphatic heterocycles. The number of rotatable bonds is 4. The Morgan fingerprint density at radius 1 is 0.923 bits per heavy atom. The molecule has 3 aromatic rings. The Morgan fingerprint density at radius 3 is 2.19 bits per heavy atom. The second kappa shape index (κ2) is 7.23. The summed E-state index contributed by atoms with van der Waals surface area (Å²) in [6, 6.07) is 13.9. The molecule has 0 atom stereocenters. The molecule has 0 radical (unpaired) electrons. The van der Waals surface area contributed by atoms with Crippen molar-refractivity contribution >= 4 is 22.9 Å². The molecular formula is C20H16O6. The summed E-state index contributed by atoms with van der Waals surface area (Å²) in [4.78, 5) is 35.6. The van der Waals surface area contributed by atoms with E-state index >= 15 is 0 Å². The topological polar surface area (TPSA) is 82.8 Å². The first kappa shape index (κ1) is 17.4. The molecule has 0 N–H and O–H groups in total. The molecule has 0 unspecified atom stereocenters. The molecule has 3 rings (SSSR count). The second-order valence-corrected chi connectivity index (χ2v) is 5.62. The standard InChI is InChI=1S/C20H16O6/c1-12(21)25-20(26-13(2)22)16-10-6-9-15-18(23)17(11-24-19(15)16)14-7-4-3-5-8-14/h3-11,20H,1-2H3. The van der Waals surface area contributed by atoms with Crippen molar-refractivity contribution < 1.29 is 23.5 Å². The zero-order valence-corrected chi connectivity index (χ0v) is 14.2. The lowest BCUT2D eigenvalue weighted by molar-refractivity contribution is -0.186. The Kier molecular flexibility index (Phi) is 4.84. The fourth-order valence-corrected chi connectivity index (χ4v) is 2.64. The Balaban J connectivity index is 2.17. The SMILES string of the molecule is CC(=O)OC(OC(C)=O)c1cccc2c(=O)c(-c3ccccc3)coc12. The van der Waals surface area contributed by atoms with Gasteiger partial charge in [-0.05, 0) is 17.7 Å². The maximum absolute atomic E-state index is 12.9. The summed E-state index contributed by atoms with van der Waals surface area (Å²) in [5.74, 6) is -1.26. The second-order valence-electron chi connectivity index (χ2n) is 5.62. The van der Waals surface area contributed by atoms with E-state index in [4.69, 9.17) is 13.9 Å². The molecule has 0 aliphatic carbocycles. The summed E-state index contributed by atoms with van der Waals surface area (Å²) in [7, 11) is 0. The molecule has 6 nitrogen and oxygen atoms in total. The fraction of sp³-hybridized carbons (Fsp3) is 0.150. The quantitative estimate of drug-likeness (QED) is 0.527. The van der Waals surface area contributed by atoms with Crippen LogP contribution < -0.4 is 5.43 Å². The zero-order chi connectivity index (χ0) is 18.7. The maximum atomic E-state index is 12.9. The molecule has 26 heavy (non-hydrogen) atoms. The number of benzene rings is 2. The van der Waals surface area contributed by atoms with E-state index < -0.39 is 18.2 Å². The van der Waals surface area contributed by atoms with Crippen LogP contribution in [0.1, 0.15) is 25.7 Å². The van der Waals surface area contributed by atoms with Gasteiger partial charge >= 0.3 is 11.9 Å². The predicted molar refractivity (Wildman–Crippen MR) is 94.2 cm³/mol. The van der Waals surface area contributed by atoms with Crippen LogP contribution in [0.3, 0.4) is 0 Å². The van der Waals surface area contributed by atoms with E-state index in [1.54, 1.807) is 18.2 Å².